The first-order valence-electron chi connectivity index (χ1n) is 4.84. The Morgan fingerprint density at radius 2 is 2.20 bits per heavy atom. The molecule has 1 saturated carbocycles. The lowest BCUT2D eigenvalue weighted by molar-refractivity contribution is 0.249. The van der Waals surface area contributed by atoms with Crippen LogP contribution in [0, 0.1) is 5.41 Å². The summed E-state index contributed by atoms with van der Waals surface area (Å²) in [5.74, 6) is 1.76. The molecule has 0 atom stereocenters. The first-order valence-corrected chi connectivity index (χ1v) is 6.64. The van der Waals surface area contributed by atoms with Crippen molar-refractivity contribution in [1.29, 1.82) is 0 Å². The van der Waals surface area contributed by atoms with Crippen LogP contribution < -0.4 is 4.74 Å². The summed E-state index contributed by atoms with van der Waals surface area (Å²) in [4.78, 5) is 0. The van der Waals surface area contributed by atoms with Gasteiger partial charge in [-0.25, -0.2) is 0 Å². The molecule has 0 bridgehead atoms. The first-order chi connectivity index (χ1) is 7.15. The van der Waals surface area contributed by atoms with E-state index < -0.39 is 0 Å². The maximum atomic E-state index is 5.85. The van der Waals surface area contributed by atoms with Crippen LogP contribution in [0.3, 0.4) is 0 Å². The van der Waals surface area contributed by atoms with Crippen LogP contribution in [0.25, 0.3) is 0 Å². The summed E-state index contributed by atoms with van der Waals surface area (Å²) in [5, 5.41) is 0.713. The van der Waals surface area contributed by atoms with Crippen LogP contribution >= 0.6 is 40.2 Å². The van der Waals surface area contributed by atoms with Gasteiger partial charge in [0, 0.05) is 10.4 Å². The number of benzene rings is 1. The van der Waals surface area contributed by atoms with Crippen LogP contribution in [0.4, 0.5) is 0 Å². The van der Waals surface area contributed by atoms with Gasteiger partial charge in [0.1, 0.15) is 5.75 Å². The predicted molar refractivity (Wildman–Crippen MR) is 70.2 cm³/mol. The molecule has 0 amide bonds. The Bertz CT molecular complexity index is 366. The molecule has 1 fully saturated rings. The topological polar surface area (TPSA) is 9.23 Å². The largest absolute Gasteiger partial charge is 0.492 e. The molecule has 1 nitrogen and oxygen atoms in total. The number of halogens is 2. The maximum Gasteiger partial charge on any atom is 0.133 e. The van der Waals surface area contributed by atoms with Gasteiger partial charge in [-0.3, -0.25) is 0 Å². The van der Waals surface area contributed by atoms with Gasteiger partial charge in [0.05, 0.1) is 11.1 Å². The summed E-state index contributed by atoms with van der Waals surface area (Å²) >= 11 is 13.6. The summed E-state index contributed by atoms with van der Waals surface area (Å²) in [6.45, 7) is 0.747. The summed E-state index contributed by atoms with van der Waals surface area (Å²) in [5.41, 5.74) is 0.322. The van der Waals surface area contributed by atoms with Crippen LogP contribution in [-0.4, -0.2) is 12.4 Å². The van der Waals surface area contributed by atoms with Crippen molar-refractivity contribution in [3.63, 3.8) is 0 Å². The lowest BCUT2D eigenvalue weighted by Crippen LogP contribution is -2.14. The standard InChI is InChI=1S/C11H12BrClOS/c12-9-5-8(13)1-2-10(9)14-6-11(7-15)3-4-11/h1-2,5,15H,3-4,6-7H2. The number of hydrogen-bond donors (Lipinski definition) is 1. The van der Waals surface area contributed by atoms with Crippen molar-refractivity contribution >= 4 is 40.2 Å². The fourth-order valence-electron chi connectivity index (χ4n) is 1.35. The van der Waals surface area contributed by atoms with Gasteiger partial charge in [0.2, 0.25) is 0 Å². The van der Waals surface area contributed by atoms with Crippen molar-refractivity contribution in [3.05, 3.63) is 27.7 Å². The zero-order valence-corrected chi connectivity index (χ0v) is 11.4. The fourth-order valence-corrected chi connectivity index (χ4v) is 2.55. The molecule has 0 unspecified atom stereocenters. The third-order valence-electron chi connectivity index (χ3n) is 2.72. The van der Waals surface area contributed by atoms with Gasteiger partial charge in [0.15, 0.2) is 0 Å². The highest BCUT2D eigenvalue weighted by atomic mass is 79.9. The van der Waals surface area contributed by atoms with Gasteiger partial charge in [-0.15, -0.1) is 0 Å². The van der Waals surface area contributed by atoms with Crippen molar-refractivity contribution in [2.75, 3.05) is 12.4 Å². The van der Waals surface area contributed by atoms with Gasteiger partial charge < -0.3 is 4.74 Å². The minimum absolute atomic E-state index is 0.322. The molecule has 1 aliphatic rings. The molecular weight excluding hydrogens is 296 g/mol. The fraction of sp³-hybridized carbons (Fsp3) is 0.455. The normalized spacial score (nSPS) is 17.5. The third kappa shape index (κ3) is 2.83. The summed E-state index contributed by atoms with van der Waals surface area (Å²) in [6.07, 6.45) is 2.45. The molecular formula is C11H12BrClOS. The van der Waals surface area contributed by atoms with E-state index in [-0.39, 0.29) is 0 Å². The van der Waals surface area contributed by atoms with E-state index in [1.165, 1.54) is 12.8 Å². The molecule has 0 saturated heterocycles. The zero-order chi connectivity index (χ0) is 10.9. The molecule has 0 spiro atoms. The molecule has 2 rings (SSSR count). The van der Waals surface area contributed by atoms with Gasteiger partial charge in [0.25, 0.3) is 0 Å². The molecule has 82 valence electrons. The van der Waals surface area contributed by atoms with Gasteiger partial charge >= 0.3 is 0 Å². The Morgan fingerprint density at radius 3 is 2.73 bits per heavy atom. The second-order valence-corrected chi connectivity index (χ2v) is 5.63. The van der Waals surface area contributed by atoms with Crippen LogP contribution in [0.1, 0.15) is 12.8 Å². The van der Waals surface area contributed by atoms with E-state index >= 15 is 0 Å². The van der Waals surface area contributed by atoms with Crippen molar-refractivity contribution in [1.82, 2.24) is 0 Å². The Balaban J connectivity index is 1.99. The van der Waals surface area contributed by atoms with E-state index in [0.717, 1.165) is 22.6 Å². The minimum Gasteiger partial charge on any atom is -0.492 e. The number of hydrogen-bond acceptors (Lipinski definition) is 2. The smallest absolute Gasteiger partial charge is 0.133 e. The maximum absolute atomic E-state index is 5.85. The second kappa shape index (κ2) is 4.56. The highest BCUT2D eigenvalue weighted by Gasteiger charge is 2.42. The van der Waals surface area contributed by atoms with Crippen molar-refractivity contribution in [3.8, 4) is 5.75 Å². The van der Waals surface area contributed by atoms with Gasteiger partial charge in [-0.05, 0) is 52.7 Å². The number of rotatable bonds is 4. The lowest BCUT2D eigenvalue weighted by atomic mass is 10.2. The molecule has 0 heterocycles. The Hall–Kier alpha value is 0.140. The van der Waals surface area contributed by atoms with Crippen molar-refractivity contribution in [2.24, 2.45) is 5.41 Å². The third-order valence-corrected chi connectivity index (χ3v) is 4.25. The number of ether oxygens (including phenoxy) is 1. The Morgan fingerprint density at radius 1 is 1.47 bits per heavy atom. The molecule has 1 aliphatic carbocycles. The molecule has 1 aromatic carbocycles. The molecule has 0 aliphatic heterocycles. The highest BCUT2D eigenvalue weighted by molar-refractivity contribution is 9.10. The lowest BCUT2D eigenvalue weighted by Gasteiger charge is -2.14. The monoisotopic (exact) mass is 306 g/mol. The molecule has 0 N–H and O–H groups in total. The minimum atomic E-state index is 0.322. The van der Waals surface area contributed by atoms with E-state index in [1.807, 2.05) is 18.2 Å². The van der Waals surface area contributed by atoms with Crippen molar-refractivity contribution < 1.29 is 4.74 Å². The average Bonchev–Trinajstić information content (AvgIpc) is 2.97. The van der Waals surface area contributed by atoms with E-state index in [9.17, 15) is 0 Å². The van der Waals surface area contributed by atoms with Crippen LogP contribution in [0.15, 0.2) is 22.7 Å². The Labute approximate surface area is 109 Å². The van der Waals surface area contributed by atoms with Gasteiger partial charge in [-0.1, -0.05) is 11.6 Å². The molecule has 0 aromatic heterocycles. The highest BCUT2D eigenvalue weighted by Crippen LogP contribution is 2.47. The van der Waals surface area contributed by atoms with E-state index in [2.05, 4.69) is 28.6 Å². The number of thiol groups is 1. The summed E-state index contributed by atoms with van der Waals surface area (Å²) in [7, 11) is 0. The van der Waals surface area contributed by atoms with Crippen molar-refractivity contribution in [2.45, 2.75) is 12.8 Å². The summed E-state index contributed by atoms with van der Waals surface area (Å²) < 4.78 is 6.66. The molecule has 4 heteroatoms. The van der Waals surface area contributed by atoms with E-state index in [1.54, 1.807) is 0 Å². The van der Waals surface area contributed by atoms with Crippen LogP contribution in [-0.2, 0) is 0 Å². The van der Waals surface area contributed by atoms with Crippen LogP contribution in [0.2, 0.25) is 5.02 Å². The predicted octanol–water partition coefficient (Wildman–Crippen LogP) is 4.19. The van der Waals surface area contributed by atoms with Crippen LogP contribution in [0.5, 0.6) is 5.75 Å². The van der Waals surface area contributed by atoms with E-state index in [4.69, 9.17) is 16.3 Å². The van der Waals surface area contributed by atoms with E-state index in [0.29, 0.717) is 10.4 Å². The van der Waals surface area contributed by atoms with Gasteiger partial charge in [-0.2, -0.15) is 12.6 Å². The SMILES string of the molecule is SCC1(COc2ccc(Cl)cc2Br)CC1. The zero-order valence-electron chi connectivity index (χ0n) is 8.17. The second-order valence-electron chi connectivity index (χ2n) is 4.02. The average molecular weight is 308 g/mol. The molecule has 1 aromatic rings. The molecule has 15 heavy (non-hydrogen) atoms. The molecule has 0 radical (unpaired) electrons. The first kappa shape index (κ1) is 11.6. The summed E-state index contributed by atoms with van der Waals surface area (Å²) in [6, 6.07) is 5.57. The quantitative estimate of drug-likeness (QED) is 0.821. The Kier molecular flexibility index (Phi) is 3.53.